The lowest BCUT2D eigenvalue weighted by molar-refractivity contribution is -0.142. The Morgan fingerprint density at radius 3 is 1.71 bits per heavy atom. The Hall–Kier alpha value is -6.04. The Balaban J connectivity index is 1.08. The minimum atomic E-state index is -1.11. The van der Waals surface area contributed by atoms with E-state index < -0.39 is 42.2 Å². The number of nitrogens with one attached hydrogen (secondary N) is 6. The molecular weight excluding hydrogens is 821 g/mol. The summed E-state index contributed by atoms with van der Waals surface area (Å²) < 4.78 is 0. The number of amides is 6. The third-order valence-electron chi connectivity index (χ3n) is 13.6. The van der Waals surface area contributed by atoms with E-state index in [2.05, 4.69) is 68.0 Å². The van der Waals surface area contributed by atoms with Gasteiger partial charge in [0.15, 0.2) is 0 Å². The van der Waals surface area contributed by atoms with Crippen LogP contribution in [-0.4, -0.2) is 103 Å². The Morgan fingerprint density at radius 2 is 1.15 bits per heavy atom. The van der Waals surface area contributed by atoms with Crippen molar-refractivity contribution < 1.29 is 28.8 Å². The number of hydrogen-bond donors (Lipinski definition) is 6. The summed E-state index contributed by atoms with van der Waals surface area (Å²) in [6.45, 7) is 4.14. The second kappa shape index (κ2) is 21.8. The van der Waals surface area contributed by atoms with Crippen molar-refractivity contribution in [3.05, 3.63) is 106 Å². The molecule has 3 aromatic carbocycles. The molecule has 14 nitrogen and oxygen atoms in total. The first-order valence-corrected chi connectivity index (χ1v) is 23.4. The molecule has 2 heterocycles. The molecule has 0 spiro atoms. The Labute approximate surface area is 382 Å². The van der Waals surface area contributed by atoms with E-state index in [0.29, 0.717) is 49.9 Å². The van der Waals surface area contributed by atoms with Crippen LogP contribution in [0.15, 0.2) is 72.8 Å². The smallest absolute Gasteiger partial charge is 0.250 e. The molecule has 6 amide bonds. The fourth-order valence-electron chi connectivity index (χ4n) is 9.68. The van der Waals surface area contributed by atoms with E-state index in [9.17, 15) is 28.8 Å². The summed E-state index contributed by atoms with van der Waals surface area (Å²) in [6.07, 6.45) is 7.77. The van der Waals surface area contributed by atoms with Crippen LogP contribution in [0.4, 0.5) is 0 Å². The molecular formula is C51H64N8O6. The molecule has 65 heavy (non-hydrogen) atoms. The predicted octanol–water partition coefficient (Wildman–Crippen LogP) is 3.66. The van der Waals surface area contributed by atoms with Crippen LogP contribution in [0.25, 0.3) is 0 Å². The zero-order valence-corrected chi connectivity index (χ0v) is 38.1. The van der Waals surface area contributed by atoms with E-state index >= 15 is 0 Å². The van der Waals surface area contributed by atoms with Gasteiger partial charge in [0.05, 0.1) is 24.2 Å². The van der Waals surface area contributed by atoms with Crippen molar-refractivity contribution in [2.75, 3.05) is 27.2 Å². The summed E-state index contributed by atoms with van der Waals surface area (Å²) in [5.41, 5.74) is 5.69. The SMILES string of the molecule is CN[C@@H](C)C(=O)N[C@@H](CC#Cc1cccc([C@H](NC(=O)[C@H](C)NC)C(=O)N2CCC[C@H]2C(=O)N[C@@H]2CCCc3ccccc32)c1)C(=O)N1CCC[C@H]1C(=O)N[C@@H]1CCCc2ccccc21. The molecule has 7 rings (SSSR count). The molecule has 4 aliphatic rings. The highest BCUT2D eigenvalue weighted by atomic mass is 16.2. The number of likely N-dealkylation sites (N-methyl/N-ethyl adjacent to an activating group) is 2. The predicted molar refractivity (Wildman–Crippen MR) is 248 cm³/mol. The third kappa shape index (κ3) is 11.1. The van der Waals surface area contributed by atoms with Crippen LogP contribution in [0, 0.1) is 11.8 Å². The second-order valence-electron chi connectivity index (χ2n) is 17.8. The van der Waals surface area contributed by atoms with E-state index in [1.807, 2.05) is 24.3 Å². The first-order chi connectivity index (χ1) is 31.5. The number of aryl methyl sites for hydroxylation is 2. The summed E-state index contributed by atoms with van der Waals surface area (Å²) in [6, 6.07) is 18.3. The Kier molecular flexibility index (Phi) is 15.7. The normalized spacial score (nSPS) is 21.8. The van der Waals surface area contributed by atoms with Gasteiger partial charge in [-0.25, -0.2) is 0 Å². The van der Waals surface area contributed by atoms with Crippen LogP contribution in [0.3, 0.4) is 0 Å². The first kappa shape index (κ1) is 46.9. The number of rotatable bonds is 14. The lowest BCUT2D eigenvalue weighted by Gasteiger charge is -2.32. The van der Waals surface area contributed by atoms with Gasteiger partial charge in [-0.1, -0.05) is 72.5 Å². The van der Waals surface area contributed by atoms with Gasteiger partial charge in [-0.3, -0.25) is 28.8 Å². The Bertz CT molecular complexity index is 2310. The first-order valence-electron chi connectivity index (χ1n) is 23.4. The minimum Gasteiger partial charge on any atom is -0.347 e. The van der Waals surface area contributed by atoms with Gasteiger partial charge < -0.3 is 41.7 Å². The van der Waals surface area contributed by atoms with Gasteiger partial charge >= 0.3 is 0 Å². The van der Waals surface area contributed by atoms with Crippen LogP contribution in [0.1, 0.15) is 123 Å². The fourth-order valence-corrected chi connectivity index (χ4v) is 9.68. The van der Waals surface area contributed by atoms with E-state index in [-0.39, 0.29) is 48.0 Å². The molecule has 2 saturated heterocycles. The summed E-state index contributed by atoms with van der Waals surface area (Å²) >= 11 is 0. The molecule has 0 bridgehead atoms. The zero-order valence-electron chi connectivity index (χ0n) is 38.1. The minimum absolute atomic E-state index is 0.0408. The number of likely N-dealkylation sites (tertiary alicyclic amines) is 2. The van der Waals surface area contributed by atoms with Gasteiger partial charge in [-0.05, 0) is 132 Å². The van der Waals surface area contributed by atoms with Gasteiger partial charge in [-0.15, -0.1) is 0 Å². The van der Waals surface area contributed by atoms with Gasteiger partial charge in [0.25, 0.3) is 0 Å². The molecule has 6 N–H and O–H groups in total. The summed E-state index contributed by atoms with van der Waals surface area (Å²) in [5, 5.41) is 18.1. The zero-order chi connectivity index (χ0) is 46.0. The fraction of sp³-hybridized carbons (Fsp3) is 0.490. The molecule has 0 saturated carbocycles. The molecule has 0 radical (unpaired) electrons. The number of carbonyl (C=O) groups is 6. The maximum absolute atomic E-state index is 14.6. The number of nitrogens with zero attached hydrogens (tertiary/aromatic N) is 2. The maximum Gasteiger partial charge on any atom is 0.250 e. The van der Waals surface area contributed by atoms with Gasteiger partial charge in [0.2, 0.25) is 35.4 Å². The highest BCUT2D eigenvalue weighted by Crippen LogP contribution is 2.32. The van der Waals surface area contributed by atoms with Gasteiger partial charge in [0.1, 0.15) is 24.2 Å². The van der Waals surface area contributed by atoms with Crippen LogP contribution < -0.4 is 31.9 Å². The van der Waals surface area contributed by atoms with Crippen molar-refractivity contribution in [1.29, 1.82) is 0 Å². The molecule has 2 aliphatic heterocycles. The van der Waals surface area contributed by atoms with Crippen LogP contribution in [0.5, 0.6) is 0 Å². The molecule has 3 aromatic rings. The largest absolute Gasteiger partial charge is 0.347 e. The second-order valence-corrected chi connectivity index (χ2v) is 17.8. The monoisotopic (exact) mass is 884 g/mol. The highest BCUT2D eigenvalue weighted by molar-refractivity contribution is 5.95. The third-order valence-corrected chi connectivity index (χ3v) is 13.6. The van der Waals surface area contributed by atoms with Crippen LogP contribution in [0.2, 0.25) is 0 Å². The van der Waals surface area contributed by atoms with Crippen molar-refractivity contribution >= 4 is 35.4 Å². The average Bonchev–Trinajstić information content (AvgIpc) is 4.04. The van der Waals surface area contributed by atoms with Gasteiger partial charge in [-0.2, -0.15) is 0 Å². The number of carbonyl (C=O) groups excluding carboxylic acids is 6. The molecule has 8 atom stereocenters. The summed E-state index contributed by atoms with van der Waals surface area (Å²) in [4.78, 5) is 86.5. The summed E-state index contributed by atoms with van der Waals surface area (Å²) in [7, 11) is 3.32. The molecule has 344 valence electrons. The van der Waals surface area contributed by atoms with E-state index in [1.165, 1.54) is 11.1 Å². The molecule has 0 aromatic heterocycles. The standard InChI is InChI=1S/C51H64N8O6/c1-32(52-3)46(60)56-42(50(64)58-29-13-27-43(58)48(62)54-40-24-11-19-35-17-5-7-22-38(35)40)26-10-16-34-15-9-21-37(31-34)45(57-47(61)33(2)53-4)51(65)59-30-14-28-44(59)49(63)55-41-25-12-20-36-18-6-8-23-39(36)41/h5-9,15,17-18,21-23,31-33,40-45,52-53H,11-14,19-20,24-30H2,1-4H3,(H,54,62)(H,55,63)(H,56,60)(H,57,61)/t32-,33-,40+,41+,42-,43-,44-,45-/m0/s1. The van der Waals surface area contributed by atoms with Crippen LogP contribution >= 0.6 is 0 Å². The number of hydrogen-bond acceptors (Lipinski definition) is 8. The topological polar surface area (TPSA) is 181 Å². The van der Waals surface area contributed by atoms with Crippen LogP contribution in [-0.2, 0) is 41.6 Å². The molecule has 2 fully saturated rings. The van der Waals surface area contributed by atoms with Crippen molar-refractivity contribution in [3.63, 3.8) is 0 Å². The van der Waals surface area contributed by atoms with Crippen molar-refractivity contribution in [3.8, 4) is 11.8 Å². The van der Waals surface area contributed by atoms with E-state index in [0.717, 1.165) is 49.7 Å². The average molecular weight is 885 g/mol. The maximum atomic E-state index is 14.6. The quantitative estimate of drug-likeness (QED) is 0.133. The van der Waals surface area contributed by atoms with Gasteiger partial charge in [0, 0.05) is 25.1 Å². The van der Waals surface area contributed by atoms with E-state index in [1.54, 1.807) is 62.0 Å². The molecule has 2 aliphatic carbocycles. The molecule has 0 unspecified atom stereocenters. The lowest BCUT2D eigenvalue weighted by Crippen LogP contribution is -2.55. The van der Waals surface area contributed by atoms with Crippen molar-refractivity contribution in [2.45, 2.75) is 133 Å². The molecule has 14 heteroatoms. The number of benzene rings is 3. The highest BCUT2D eigenvalue weighted by Gasteiger charge is 2.41. The lowest BCUT2D eigenvalue weighted by atomic mass is 9.87. The summed E-state index contributed by atoms with van der Waals surface area (Å²) in [5.74, 6) is 4.28. The van der Waals surface area contributed by atoms with Crippen molar-refractivity contribution in [2.24, 2.45) is 0 Å². The van der Waals surface area contributed by atoms with E-state index in [4.69, 9.17) is 0 Å². The Morgan fingerprint density at radius 1 is 0.631 bits per heavy atom. The number of fused-ring (bicyclic) bond motifs is 2. The van der Waals surface area contributed by atoms with Crippen molar-refractivity contribution in [1.82, 2.24) is 41.7 Å².